The number of benzene rings is 2. The fraction of sp³-hybridized carbons (Fsp3) is 0.333. The molecule has 0 aliphatic carbocycles. The van der Waals surface area contributed by atoms with Crippen molar-refractivity contribution in [2.24, 2.45) is 4.99 Å². The van der Waals surface area contributed by atoms with Crippen molar-refractivity contribution in [2.75, 3.05) is 13.2 Å². The van der Waals surface area contributed by atoms with E-state index >= 15 is 0 Å². The van der Waals surface area contributed by atoms with Crippen LogP contribution in [0.15, 0.2) is 46.3 Å². The van der Waals surface area contributed by atoms with Gasteiger partial charge in [-0.1, -0.05) is 25.2 Å². The number of rotatable bonds is 4. The van der Waals surface area contributed by atoms with Gasteiger partial charge in [0.1, 0.15) is 13.2 Å². The minimum atomic E-state index is -0.230. The highest BCUT2D eigenvalue weighted by Crippen LogP contribution is 2.35. The normalized spacial score (nSPS) is 14.1. The van der Waals surface area contributed by atoms with Crippen molar-refractivity contribution < 1.29 is 14.3 Å². The predicted octanol–water partition coefficient (Wildman–Crippen LogP) is 4.74. The third kappa shape index (κ3) is 3.82. The summed E-state index contributed by atoms with van der Waals surface area (Å²) in [6, 6.07) is 11.6. The van der Waals surface area contributed by atoms with E-state index in [0.717, 1.165) is 33.2 Å². The lowest BCUT2D eigenvalue weighted by Crippen LogP contribution is -2.17. The Bertz CT molecular complexity index is 1080. The molecule has 0 radical (unpaired) electrons. The molecule has 1 aliphatic heterocycles. The highest BCUT2D eigenvalue weighted by molar-refractivity contribution is 7.99. The lowest BCUT2D eigenvalue weighted by atomic mass is 10.2. The molecule has 1 amide bonds. The van der Waals surface area contributed by atoms with Gasteiger partial charge in [0.05, 0.1) is 10.2 Å². The Morgan fingerprint density at radius 1 is 1.18 bits per heavy atom. The van der Waals surface area contributed by atoms with Gasteiger partial charge in [0, 0.05) is 34.4 Å². The standard InChI is InChI=1S/C21H22N2O3S2/c1-4-23-16-11-17-18(26-10-9-25-17)12-19(16)28-21(23)22-20(24)14-5-7-15(8-6-14)27-13(2)3/h5-8,11-13H,4,9-10H2,1-3H3. The van der Waals surface area contributed by atoms with Crippen molar-refractivity contribution in [2.45, 2.75) is 37.5 Å². The molecule has 4 rings (SSSR count). The van der Waals surface area contributed by atoms with Crippen molar-refractivity contribution in [3.8, 4) is 11.5 Å². The molecular weight excluding hydrogens is 392 g/mol. The van der Waals surface area contributed by atoms with E-state index in [1.54, 1.807) is 11.8 Å². The second-order valence-corrected chi connectivity index (χ2v) is 9.36. The van der Waals surface area contributed by atoms with Crippen LogP contribution in [0.25, 0.3) is 10.2 Å². The number of aryl methyl sites for hydroxylation is 1. The highest BCUT2D eigenvalue weighted by atomic mass is 32.2. The van der Waals surface area contributed by atoms with Crippen molar-refractivity contribution in [1.82, 2.24) is 4.57 Å². The third-order valence-corrected chi connectivity index (χ3v) is 6.39. The van der Waals surface area contributed by atoms with E-state index in [2.05, 4.69) is 18.8 Å². The summed E-state index contributed by atoms with van der Waals surface area (Å²) in [7, 11) is 0. The molecule has 0 bridgehead atoms. The maximum atomic E-state index is 12.7. The van der Waals surface area contributed by atoms with Crippen molar-refractivity contribution in [3.05, 3.63) is 46.8 Å². The number of fused-ring (bicyclic) bond motifs is 2. The second kappa shape index (κ2) is 8.01. The summed E-state index contributed by atoms with van der Waals surface area (Å²) >= 11 is 3.27. The summed E-state index contributed by atoms with van der Waals surface area (Å²) in [5.74, 6) is 1.27. The molecule has 2 heterocycles. The third-order valence-electron chi connectivity index (χ3n) is 4.33. The van der Waals surface area contributed by atoms with Gasteiger partial charge >= 0.3 is 0 Å². The van der Waals surface area contributed by atoms with E-state index in [1.165, 1.54) is 11.3 Å². The van der Waals surface area contributed by atoms with Crippen LogP contribution in [0, 0.1) is 0 Å². The Morgan fingerprint density at radius 2 is 1.86 bits per heavy atom. The van der Waals surface area contributed by atoms with Gasteiger partial charge in [-0.3, -0.25) is 4.79 Å². The molecule has 146 valence electrons. The number of carbonyl (C=O) groups is 1. The molecule has 0 atom stereocenters. The number of ether oxygens (including phenoxy) is 2. The van der Waals surface area contributed by atoms with Gasteiger partial charge < -0.3 is 14.0 Å². The Hall–Kier alpha value is -2.25. The molecule has 7 heteroatoms. The zero-order valence-electron chi connectivity index (χ0n) is 16.1. The molecular formula is C21H22N2O3S2. The fourth-order valence-electron chi connectivity index (χ4n) is 3.10. The quantitative estimate of drug-likeness (QED) is 0.579. The van der Waals surface area contributed by atoms with Crippen molar-refractivity contribution >= 4 is 39.2 Å². The topological polar surface area (TPSA) is 52.8 Å². The summed E-state index contributed by atoms with van der Waals surface area (Å²) in [5, 5.41) is 0.507. The first-order valence-electron chi connectivity index (χ1n) is 9.34. The van der Waals surface area contributed by atoms with Gasteiger partial charge in [0.25, 0.3) is 5.91 Å². The number of thioether (sulfide) groups is 1. The van der Waals surface area contributed by atoms with E-state index < -0.39 is 0 Å². The highest BCUT2D eigenvalue weighted by Gasteiger charge is 2.16. The van der Waals surface area contributed by atoms with Crippen LogP contribution >= 0.6 is 23.1 Å². The molecule has 28 heavy (non-hydrogen) atoms. The molecule has 1 aliphatic rings. The van der Waals surface area contributed by atoms with E-state index in [0.29, 0.717) is 28.8 Å². The number of aromatic nitrogens is 1. The summed E-state index contributed by atoms with van der Waals surface area (Å²) in [6.07, 6.45) is 0. The van der Waals surface area contributed by atoms with E-state index in [-0.39, 0.29) is 5.91 Å². The Labute approximate surface area is 172 Å². The average Bonchev–Trinajstić information content (AvgIpc) is 3.01. The van der Waals surface area contributed by atoms with Crippen LogP contribution < -0.4 is 14.3 Å². The van der Waals surface area contributed by atoms with Crippen LogP contribution in [0.3, 0.4) is 0 Å². The Kier molecular flexibility index (Phi) is 5.46. The number of thiazole rings is 1. The molecule has 3 aromatic rings. The van der Waals surface area contributed by atoms with Crippen molar-refractivity contribution in [1.29, 1.82) is 0 Å². The maximum absolute atomic E-state index is 12.7. The minimum Gasteiger partial charge on any atom is -0.486 e. The van der Waals surface area contributed by atoms with Crippen LogP contribution in [0.2, 0.25) is 0 Å². The van der Waals surface area contributed by atoms with E-state index in [4.69, 9.17) is 9.47 Å². The predicted molar refractivity (Wildman–Crippen MR) is 114 cm³/mol. The zero-order valence-corrected chi connectivity index (χ0v) is 17.7. The molecule has 0 N–H and O–H groups in total. The van der Waals surface area contributed by atoms with Crippen LogP contribution in [0.1, 0.15) is 31.1 Å². The maximum Gasteiger partial charge on any atom is 0.279 e. The molecule has 1 aromatic heterocycles. The van der Waals surface area contributed by atoms with E-state index in [1.807, 2.05) is 47.9 Å². The van der Waals surface area contributed by atoms with Crippen molar-refractivity contribution in [3.63, 3.8) is 0 Å². The van der Waals surface area contributed by atoms with Crippen LogP contribution in [-0.2, 0) is 6.54 Å². The van der Waals surface area contributed by atoms with Crippen LogP contribution in [0.4, 0.5) is 0 Å². The summed E-state index contributed by atoms with van der Waals surface area (Å²) in [6.45, 7) is 8.17. The molecule has 0 saturated carbocycles. The first kappa shape index (κ1) is 19.1. The zero-order chi connectivity index (χ0) is 19.7. The van der Waals surface area contributed by atoms with Crippen LogP contribution in [-0.4, -0.2) is 28.9 Å². The molecule has 0 fully saturated rings. The number of hydrogen-bond acceptors (Lipinski definition) is 5. The first-order valence-corrected chi connectivity index (χ1v) is 11.0. The first-order chi connectivity index (χ1) is 13.5. The number of nitrogens with zero attached hydrogens (tertiary/aromatic N) is 2. The molecule has 0 spiro atoms. The smallest absolute Gasteiger partial charge is 0.279 e. The molecule has 0 unspecified atom stereocenters. The number of carbonyl (C=O) groups excluding carboxylic acids is 1. The molecule has 0 saturated heterocycles. The van der Waals surface area contributed by atoms with Crippen LogP contribution in [0.5, 0.6) is 11.5 Å². The Morgan fingerprint density at radius 3 is 2.50 bits per heavy atom. The Balaban J connectivity index is 1.71. The minimum absolute atomic E-state index is 0.230. The molecule has 5 nitrogen and oxygen atoms in total. The largest absolute Gasteiger partial charge is 0.486 e. The van der Waals surface area contributed by atoms with E-state index in [9.17, 15) is 4.79 Å². The van der Waals surface area contributed by atoms with Gasteiger partial charge in [0.2, 0.25) is 0 Å². The number of amides is 1. The lowest BCUT2D eigenvalue weighted by Gasteiger charge is -2.18. The average molecular weight is 415 g/mol. The SMILES string of the molecule is CCn1c(=NC(=O)c2ccc(SC(C)C)cc2)sc2cc3c(cc21)OCCO3. The summed E-state index contributed by atoms with van der Waals surface area (Å²) in [5.41, 5.74) is 1.60. The van der Waals surface area contributed by atoms with Gasteiger partial charge in [-0.15, -0.1) is 11.8 Å². The van der Waals surface area contributed by atoms with Gasteiger partial charge in [-0.25, -0.2) is 0 Å². The number of hydrogen-bond donors (Lipinski definition) is 0. The second-order valence-electron chi connectivity index (χ2n) is 6.70. The fourth-order valence-corrected chi connectivity index (χ4v) is 5.04. The van der Waals surface area contributed by atoms with Gasteiger partial charge in [-0.2, -0.15) is 4.99 Å². The molecule has 2 aromatic carbocycles. The van der Waals surface area contributed by atoms with Gasteiger partial charge in [-0.05, 0) is 31.2 Å². The van der Waals surface area contributed by atoms with Gasteiger partial charge in [0.15, 0.2) is 16.3 Å². The summed E-state index contributed by atoms with van der Waals surface area (Å²) in [4.78, 5) is 19.0. The monoisotopic (exact) mass is 414 g/mol. The summed E-state index contributed by atoms with van der Waals surface area (Å²) < 4.78 is 14.4. The lowest BCUT2D eigenvalue weighted by molar-refractivity contribution is 0.0998.